The Morgan fingerprint density at radius 2 is 1.69 bits per heavy atom. The second-order valence-electron chi connectivity index (χ2n) is 6.48. The highest BCUT2D eigenvalue weighted by molar-refractivity contribution is 7.89. The zero-order chi connectivity index (χ0) is 18.9. The maximum atomic E-state index is 13.4. The van der Waals surface area contributed by atoms with Gasteiger partial charge in [-0.2, -0.15) is 4.31 Å². The molecule has 26 heavy (non-hydrogen) atoms. The van der Waals surface area contributed by atoms with Gasteiger partial charge in [0.1, 0.15) is 11.6 Å². The molecule has 0 unspecified atom stereocenters. The minimum Gasteiger partial charge on any atom is -0.495 e. The van der Waals surface area contributed by atoms with E-state index in [4.69, 9.17) is 4.74 Å². The maximum absolute atomic E-state index is 13.4. The fourth-order valence-corrected chi connectivity index (χ4v) is 4.65. The molecule has 0 atom stereocenters. The number of ether oxygens (including phenoxy) is 1. The first-order valence-corrected chi connectivity index (χ1v) is 9.93. The molecule has 0 spiro atoms. The van der Waals surface area contributed by atoms with Crippen LogP contribution in [0, 0.1) is 19.7 Å². The molecule has 1 aliphatic heterocycles. The molecule has 1 aliphatic rings. The molecule has 0 N–H and O–H groups in total. The summed E-state index contributed by atoms with van der Waals surface area (Å²) in [7, 11) is -1.99. The number of methoxy groups -OCH3 is 1. The zero-order valence-electron chi connectivity index (χ0n) is 15.2. The Hall–Kier alpha value is -2.12. The molecule has 1 heterocycles. The van der Waals surface area contributed by atoms with Crippen molar-refractivity contribution in [3.8, 4) is 5.75 Å². The lowest BCUT2D eigenvalue weighted by atomic mass is 10.1. The number of rotatable bonds is 4. The molecule has 0 amide bonds. The lowest BCUT2D eigenvalue weighted by Crippen LogP contribution is -2.48. The van der Waals surface area contributed by atoms with Crippen LogP contribution < -0.4 is 9.64 Å². The van der Waals surface area contributed by atoms with Crippen LogP contribution in [0.3, 0.4) is 0 Å². The first-order valence-electron chi connectivity index (χ1n) is 8.49. The zero-order valence-corrected chi connectivity index (χ0v) is 16.0. The smallest absolute Gasteiger partial charge is 0.243 e. The minimum absolute atomic E-state index is 0.137. The van der Waals surface area contributed by atoms with Crippen LogP contribution in [0.1, 0.15) is 11.1 Å². The molecule has 7 heteroatoms. The van der Waals surface area contributed by atoms with E-state index in [9.17, 15) is 12.8 Å². The molecular formula is C19H23FN2O3S. The Morgan fingerprint density at radius 1 is 1.00 bits per heavy atom. The van der Waals surface area contributed by atoms with E-state index in [1.807, 2.05) is 25.1 Å². The SMILES string of the molecule is COc1ccc(C)cc1N1CCN(S(=O)(=O)c2ccc(F)c(C)c2)CC1. The largest absolute Gasteiger partial charge is 0.495 e. The summed E-state index contributed by atoms with van der Waals surface area (Å²) < 4.78 is 46.0. The average molecular weight is 378 g/mol. The van der Waals surface area contributed by atoms with Crippen molar-refractivity contribution in [3.05, 3.63) is 53.3 Å². The Bertz CT molecular complexity index is 907. The van der Waals surface area contributed by atoms with Gasteiger partial charge >= 0.3 is 0 Å². The predicted molar refractivity (Wildman–Crippen MR) is 99.8 cm³/mol. The summed E-state index contributed by atoms with van der Waals surface area (Å²) in [5, 5.41) is 0. The summed E-state index contributed by atoms with van der Waals surface area (Å²) in [4.78, 5) is 2.27. The minimum atomic E-state index is -3.62. The van der Waals surface area contributed by atoms with E-state index in [0.29, 0.717) is 31.7 Å². The molecule has 0 bridgehead atoms. The van der Waals surface area contributed by atoms with Crippen molar-refractivity contribution in [2.75, 3.05) is 38.2 Å². The van der Waals surface area contributed by atoms with Gasteiger partial charge in [-0.25, -0.2) is 12.8 Å². The highest BCUT2D eigenvalue weighted by Gasteiger charge is 2.29. The fraction of sp³-hybridized carbons (Fsp3) is 0.368. The molecule has 1 saturated heterocycles. The molecule has 1 fully saturated rings. The van der Waals surface area contributed by atoms with Gasteiger partial charge in [0.15, 0.2) is 0 Å². The van der Waals surface area contributed by atoms with Crippen LogP contribution in [0.4, 0.5) is 10.1 Å². The normalized spacial score (nSPS) is 15.9. The van der Waals surface area contributed by atoms with E-state index in [0.717, 1.165) is 17.0 Å². The first kappa shape index (κ1) is 18.7. The molecule has 2 aromatic carbocycles. The topological polar surface area (TPSA) is 49.9 Å². The number of aryl methyl sites for hydroxylation is 2. The van der Waals surface area contributed by atoms with Gasteiger partial charge in [0.25, 0.3) is 0 Å². The third-order valence-electron chi connectivity index (χ3n) is 4.68. The molecule has 3 rings (SSSR count). The first-order chi connectivity index (χ1) is 12.3. The standard InChI is InChI=1S/C19H23FN2O3S/c1-14-4-7-19(25-3)18(12-14)21-8-10-22(11-9-21)26(23,24)16-5-6-17(20)15(2)13-16/h4-7,12-13H,8-11H2,1-3H3. The van der Waals surface area contributed by atoms with Crippen molar-refractivity contribution >= 4 is 15.7 Å². The third kappa shape index (κ3) is 3.54. The van der Waals surface area contributed by atoms with Gasteiger partial charge in [-0.1, -0.05) is 6.07 Å². The Morgan fingerprint density at radius 3 is 2.31 bits per heavy atom. The van der Waals surface area contributed by atoms with Crippen molar-refractivity contribution in [1.29, 1.82) is 0 Å². The number of sulfonamides is 1. The number of benzene rings is 2. The van der Waals surface area contributed by atoms with Gasteiger partial charge in [-0.15, -0.1) is 0 Å². The molecular weight excluding hydrogens is 355 g/mol. The summed E-state index contributed by atoms with van der Waals surface area (Å²) >= 11 is 0. The van der Waals surface area contributed by atoms with Gasteiger partial charge < -0.3 is 9.64 Å². The molecule has 0 aliphatic carbocycles. The van der Waals surface area contributed by atoms with Gasteiger partial charge in [0.2, 0.25) is 10.0 Å². The average Bonchev–Trinajstić information content (AvgIpc) is 2.64. The lowest BCUT2D eigenvalue weighted by Gasteiger charge is -2.36. The van der Waals surface area contributed by atoms with E-state index in [2.05, 4.69) is 4.90 Å². The van der Waals surface area contributed by atoms with E-state index >= 15 is 0 Å². The predicted octanol–water partition coefficient (Wildman–Crippen LogP) is 2.96. The van der Waals surface area contributed by atoms with Crippen molar-refractivity contribution < 1.29 is 17.5 Å². The second-order valence-corrected chi connectivity index (χ2v) is 8.42. The van der Waals surface area contributed by atoms with Gasteiger partial charge in [-0.3, -0.25) is 0 Å². The number of halogens is 1. The summed E-state index contributed by atoms with van der Waals surface area (Å²) in [6, 6.07) is 9.88. The molecule has 0 saturated carbocycles. The van der Waals surface area contributed by atoms with Gasteiger partial charge in [-0.05, 0) is 55.3 Å². The molecule has 0 aromatic heterocycles. The monoisotopic (exact) mass is 378 g/mol. The lowest BCUT2D eigenvalue weighted by molar-refractivity contribution is 0.378. The highest BCUT2D eigenvalue weighted by Crippen LogP contribution is 2.31. The number of anilines is 1. The van der Waals surface area contributed by atoms with Crippen molar-refractivity contribution in [1.82, 2.24) is 4.31 Å². The Balaban J connectivity index is 1.78. The molecule has 0 radical (unpaired) electrons. The number of piperazine rings is 1. The van der Waals surface area contributed by atoms with E-state index in [-0.39, 0.29) is 4.90 Å². The Labute approximate surface area is 154 Å². The second kappa shape index (κ2) is 7.25. The van der Waals surface area contributed by atoms with E-state index < -0.39 is 15.8 Å². The molecule has 140 valence electrons. The van der Waals surface area contributed by atoms with Crippen LogP contribution in [-0.2, 0) is 10.0 Å². The van der Waals surface area contributed by atoms with Crippen molar-refractivity contribution in [3.63, 3.8) is 0 Å². The summed E-state index contributed by atoms with van der Waals surface area (Å²) in [6.07, 6.45) is 0. The molecule has 2 aromatic rings. The fourth-order valence-electron chi connectivity index (χ4n) is 3.14. The number of hydrogen-bond acceptors (Lipinski definition) is 4. The van der Waals surface area contributed by atoms with Crippen molar-refractivity contribution in [2.45, 2.75) is 18.7 Å². The van der Waals surface area contributed by atoms with Gasteiger partial charge in [0, 0.05) is 26.2 Å². The number of nitrogens with zero attached hydrogens (tertiary/aromatic N) is 2. The maximum Gasteiger partial charge on any atom is 0.243 e. The van der Waals surface area contributed by atoms with Crippen LogP contribution >= 0.6 is 0 Å². The quantitative estimate of drug-likeness (QED) is 0.821. The van der Waals surface area contributed by atoms with Crippen LogP contribution in [0.5, 0.6) is 5.75 Å². The van der Waals surface area contributed by atoms with Crippen LogP contribution in [0.2, 0.25) is 0 Å². The van der Waals surface area contributed by atoms with Crippen LogP contribution in [0.25, 0.3) is 0 Å². The summed E-state index contributed by atoms with van der Waals surface area (Å²) in [5.74, 6) is 0.376. The van der Waals surface area contributed by atoms with Crippen LogP contribution in [-0.4, -0.2) is 46.0 Å². The third-order valence-corrected chi connectivity index (χ3v) is 6.58. The number of hydrogen-bond donors (Lipinski definition) is 0. The molecule has 5 nitrogen and oxygen atoms in total. The van der Waals surface area contributed by atoms with E-state index in [1.54, 1.807) is 14.0 Å². The van der Waals surface area contributed by atoms with E-state index in [1.165, 1.54) is 22.5 Å². The summed E-state index contributed by atoms with van der Waals surface area (Å²) in [6.45, 7) is 5.46. The van der Waals surface area contributed by atoms with Gasteiger partial charge in [0.05, 0.1) is 17.7 Å². The summed E-state index contributed by atoms with van der Waals surface area (Å²) in [5.41, 5.74) is 2.43. The highest BCUT2D eigenvalue weighted by atomic mass is 32.2. The van der Waals surface area contributed by atoms with Crippen LogP contribution in [0.15, 0.2) is 41.3 Å². The Kier molecular flexibility index (Phi) is 5.20. The van der Waals surface area contributed by atoms with Crippen molar-refractivity contribution in [2.24, 2.45) is 0 Å².